The van der Waals surface area contributed by atoms with Crippen LogP contribution in [0.1, 0.15) is 129 Å². The number of hydrogen-bond acceptors (Lipinski definition) is 4. The Morgan fingerprint density at radius 2 is 0.786 bits per heavy atom. The molecule has 5 heteroatoms. The molecule has 0 aliphatic heterocycles. The quantitative estimate of drug-likeness (QED) is 0.0532. The molecule has 70 heavy (non-hydrogen) atoms. The number of aromatic nitrogens is 2. The van der Waals surface area contributed by atoms with Crippen LogP contribution in [0.4, 0.5) is 0 Å². The summed E-state index contributed by atoms with van der Waals surface area (Å²) in [6.45, 7) is 23.0. The SMILES string of the molecule is C/C=C/c1ccc(/C=C/c2ccc(CC(Cc3ccc(/C=C/c4ccc(/C=C/c5ccc(CC(Cc6ccc(C)cc6)C(C)(C)O[Si](CC)(CC)CC)cc5)cc4)cc3)C(C)(C)C)cc2)c2nsnc12. The van der Waals surface area contributed by atoms with Crippen molar-refractivity contribution in [1.29, 1.82) is 0 Å². The van der Waals surface area contributed by atoms with Crippen molar-refractivity contribution in [1.82, 2.24) is 8.75 Å². The zero-order valence-electron chi connectivity index (χ0n) is 43.6. The van der Waals surface area contributed by atoms with Crippen molar-refractivity contribution in [2.75, 3.05) is 0 Å². The molecule has 6 aromatic carbocycles. The van der Waals surface area contributed by atoms with Crippen molar-refractivity contribution < 1.29 is 4.43 Å². The highest BCUT2D eigenvalue weighted by atomic mass is 32.1. The highest BCUT2D eigenvalue weighted by Gasteiger charge is 2.40. The van der Waals surface area contributed by atoms with Gasteiger partial charge in [0.15, 0.2) is 8.32 Å². The van der Waals surface area contributed by atoms with E-state index in [2.05, 4.69) is 247 Å². The van der Waals surface area contributed by atoms with E-state index in [4.69, 9.17) is 4.43 Å². The normalized spacial score (nSPS) is 13.7. The van der Waals surface area contributed by atoms with Crippen LogP contribution in [0, 0.1) is 24.2 Å². The topological polar surface area (TPSA) is 35.0 Å². The highest BCUT2D eigenvalue weighted by Crippen LogP contribution is 2.36. The standard InChI is InChI=1S/C65H76N2OSSi/c1-11-15-58-42-43-59(63-62(58)66-69-67-63)41-40-53-32-36-56(37-33-53)45-60(64(6,7)8)44-55-34-28-51(29-35-55)26-24-49-20-22-50(23-21-49)25-27-52-30-38-57(39-31-52)47-61(46-54-18-16-48(5)17-19-54)65(9,10)68-70(12-2,13-3)14-4/h11,15-43,60-61H,12-14,44-47H2,1-10H3/b15-11+,26-24+,27-25+,41-40+. The first-order chi connectivity index (χ1) is 33.7. The summed E-state index contributed by atoms with van der Waals surface area (Å²) >= 11 is 1.27. The van der Waals surface area contributed by atoms with Gasteiger partial charge < -0.3 is 4.43 Å². The van der Waals surface area contributed by atoms with Gasteiger partial charge in [-0.05, 0) is 139 Å². The molecule has 0 spiro atoms. The lowest BCUT2D eigenvalue weighted by Crippen LogP contribution is -2.49. The Hall–Kier alpha value is -5.72. The highest BCUT2D eigenvalue weighted by molar-refractivity contribution is 7.00. The number of benzene rings is 6. The molecule has 0 saturated heterocycles. The van der Waals surface area contributed by atoms with Crippen molar-refractivity contribution in [2.24, 2.45) is 17.3 Å². The lowest BCUT2D eigenvalue weighted by Gasteiger charge is -2.43. The first kappa shape index (κ1) is 52.1. The molecule has 2 atom stereocenters. The van der Waals surface area contributed by atoms with E-state index in [1.807, 2.05) is 13.0 Å². The predicted octanol–water partition coefficient (Wildman–Crippen LogP) is 18.2. The van der Waals surface area contributed by atoms with Crippen LogP contribution in [0.15, 0.2) is 140 Å². The van der Waals surface area contributed by atoms with E-state index in [0.29, 0.717) is 11.8 Å². The molecular weight excluding hydrogens is 885 g/mol. The molecule has 0 N–H and O–H groups in total. The van der Waals surface area contributed by atoms with Crippen molar-refractivity contribution in [3.8, 4) is 0 Å². The Labute approximate surface area is 426 Å². The summed E-state index contributed by atoms with van der Waals surface area (Å²) in [5.41, 5.74) is 16.9. The number of nitrogens with zero attached hydrogens (tertiary/aromatic N) is 2. The molecule has 0 bridgehead atoms. The fourth-order valence-corrected chi connectivity index (χ4v) is 13.5. The summed E-state index contributed by atoms with van der Waals surface area (Å²) in [6, 6.07) is 53.0. The molecule has 0 amide bonds. The molecule has 1 aromatic heterocycles. The lowest BCUT2D eigenvalue weighted by atomic mass is 9.74. The van der Waals surface area contributed by atoms with E-state index < -0.39 is 8.32 Å². The molecule has 1 heterocycles. The van der Waals surface area contributed by atoms with Crippen LogP contribution in [-0.2, 0) is 30.1 Å². The average Bonchev–Trinajstić information content (AvgIpc) is 3.87. The summed E-state index contributed by atoms with van der Waals surface area (Å²) < 4.78 is 16.4. The second kappa shape index (κ2) is 23.9. The Morgan fingerprint density at radius 3 is 1.14 bits per heavy atom. The maximum atomic E-state index is 7.25. The predicted molar refractivity (Wildman–Crippen MR) is 309 cm³/mol. The van der Waals surface area contributed by atoms with Gasteiger partial charge in [0, 0.05) is 11.1 Å². The van der Waals surface area contributed by atoms with Crippen molar-refractivity contribution in [3.63, 3.8) is 0 Å². The number of rotatable bonds is 21. The van der Waals surface area contributed by atoms with Crippen LogP contribution < -0.4 is 0 Å². The zero-order chi connectivity index (χ0) is 49.7. The molecule has 7 aromatic rings. The van der Waals surface area contributed by atoms with Crippen LogP contribution >= 0.6 is 11.7 Å². The minimum Gasteiger partial charge on any atom is -0.412 e. The molecule has 0 aliphatic carbocycles. The van der Waals surface area contributed by atoms with E-state index in [1.54, 1.807) is 0 Å². The smallest absolute Gasteiger partial charge is 0.192 e. The first-order valence-corrected chi connectivity index (χ1v) is 29.0. The Balaban J connectivity index is 0.922. The number of fused-ring (bicyclic) bond motifs is 1. The number of aryl methyl sites for hydroxylation is 1. The van der Waals surface area contributed by atoms with Gasteiger partial charge in [-0.1, -0.05) is 229 Å². The Bertz CT molecular complexity index is 2850. The van der Waals surface area contributed by atoms with Crippen LogP contribution in [0.3, 0.4) is 0 Å². The molecule has 0 aliphatic rings. The van der Waals surface area contributed by atoms with Crippen molar-refractivity contribution >= 4 is 73.6 Å². The fraction of sp³-hybridized carbons (Fsp3) is 0.323. The van der Waals surface area contributed by atoms with Crippen LogP contribution in [0.5, 0.6) is 0 Å². The molecule has 7 rings (SSSR count). The summed E-state index contributed by atoms with van der Waals surface area (Å²) in [5.74, 6) is 0.873. The second-order valence-electron chi connectivity index (χ2n) is 21.1. The van der Waals surface area contributed by atoms with Gasteiger partial charge in [0.2, 0.25) is 0 Å². The van der Waals surface area contributed by atoms with E-state index in [0.717, 1.165) is 47.8 Å². The minimum atomic E-state index is -1.79. The molecule has 2 unspecified atom stereocenters. The fourth-order valence-electron chi connectivity index (χ4n) is 9.66. The monoisotopic (exact) mass is 961 g/mol. The van der Waals surface area contributed by atoms with Gasteiger partial charge in [0.25, 0.3) is 0 Å². The summed E-state index contributed by atoms with van der Waals surface area (Å²) in [4.78, 5) is 0. The third-order valence-electron chi connectivity index (χ3n) is 14.8. The maximum Gasteiger partial charge on any atom is 0.192 e. The minimum absolute atomic E-state index is 0.168. The Morgan fingerprint density at radius 1 is 0.457 bits per heavy atom. The zero-order valence-corrected chi connectivity index (χ0v) is 45.5. The van der Waals surface area contributed by atoms with Gasteiger partial charge >= 0.3 is 0 Å². The van der Waals surface area contributed by atoms with Gasteiger partial charge in [-0.3, -0.25) is 0 Å². The third-order valence-corrected chi connectivity index (χ3v) is 20.1. The molecule has 362 valence electrons. The van der Waals surface area contributed by atoms with Crippen LogP contribution in [0.2, 0.25) is 18.1 Å². The second-order valence-corrected chi connectivity index (χ2v) is 26.3. The van der Waals surface area contributed by atoms with Gasteiger partial charge in [0.05, 0.1) is 17.3 Å². The largest absolute Gasteiger partial charge is 0.412 e. The van der Waals surface area contributed by atoms with Crippen LogP contribution in [-0.4, -0.2) is 22.7 Å². The van der Waals surface area contributed by atoms with E-state index in [-0.39, 0.29) is 11.0 Å². The number of allylic oxidation sites excluding steroid dienone is 1. The molecule has 0 radical (unpaired) electrons. The third kappa shape index (κ3) is 14.2. The summed E-state index contributed by atoms with van der Waals surface area (Å²) in [6.07, 6.45) is 21.4. The van der Waals surface area contributed by atoms with Crippen molar-refractivity contribution in [2.45, 2.75) is 119 Å². The number of hydrogen-bond donors (Lipinski definition) is 0. The lowest BCUT2D eigenvalue weighted by molar-refractivity contribution is 0.0316. The van der Waals surface area contributed by atoms with Gasteiger partial charge in [-0.25, -0.2) is 0 Å². The molecule has 0 fully saturated rings. The van der Waals surface area contributed by atoms with Gasteiger partial charge in [-0.2, -0.15) is 8.75 Å². The van der Waals surface area contributed by atoms with E-state index >= 15 is 0 Å². The average molecular weight is 961 g/mol. The van der Waals surface area contributed by atoms with E-state index in [9.17, 15) is 0 Å². The first-order valence-electron chi connectivity index (χ1n) is 25.7. The van der Waals surface area contributed by atoms with E-state index in [1.165, 1.54) is 85.5 Å². The summed E-state index contributed by atoms with van der Waals surface area (Å²) in [5, 5.41) is 0. The van der Waals surface area contributed by atoms with Gasteiger partial charge in [0.1, 0.15) is 11.0 Å². The van der Waals surface area contributed by atoms with Crippen LogP contribution in [0.25, 0.3) is 53.6 Å². The molecule has 0 saturated carbocycles. The molecular formula is C65H76N2OSSi. The Kier molecular flexibility index (Phi) is 17.8. The summed E-state index contributed by atoms with van der Waals surface area (Å²) in [7, 11) is -1.79. The van der Waals surface area contributed by atoms with Crippen molar-refractivity contribution in [3.05, 3.63) is 206 Å². The maximum absolute atomic E-state index is 7.25. The molecule has 3 nitrogen and oxygen atoms in total. The van der Waals surface area contributed by atoms with Gasteiger partial charge in [-0.15, -0.1) is 0 Å².